The van der Waals surface area contributed by atoms with Crippen LogP contribution < -0.4 is 4.90 Å². The van der Waals surface area contributed by atoms with Gasteiger partial charge in [0.1, 0.15) is 11.6 Å². The molecule has 0 aliphatic heterocycles. The van der Waals surface area contributed by atoms with Gasteiger partial charge in [0.05, 0.1) is 5.69 Å². The molecule has 0 spiro atoms. The topological polar surface area (TPSA) is 52.8 Å². The van der Waals surface area contributed by atoms with E-state index < -0.39 is 0 Å². The number of hydrogen-bond acceptors (Lipinski definition) is 4. The van der Waals surface area contributed by atoms with Crippen molar-refractivity contribution in [1.82, 2.24) is 10.2 Å². The molecule has 0 atom stereocenters. The third-order valence-corrected chi connectivity index (χ3v) is 3.64. The number of aryl methyl sites for hydroxylation is 1. The smallest absolute Gasteiger partial charge is 0.169 e. The lowest BCUT2D eigenvalue weighted by Gasteiger charge is -2.36. The molecule has 1 heterocycles. The number of aromatic nitrogens is 2. The molecule has 1 aromatic rings. The lowest BCUT2D eigenvalue weighted by Crippen LogP contribution is -2.41. The molecule has 0 unspecified atom stereocenters. The molecule has 0 aliphatic carbocycles. The standard InChI is InChI=1S/C13H20N4/c1-7-13(4,5)17(6)12-11(8-14)9(2)10(3)15-16-12/h7H2,1-6H3. The predicted octanol–water partition coefficient (Wildman–Crippen LogP) is 2.59. The molecule has 0 N–H and O–H groups in total. The molecule has 92 valence electrons. The highest BCUT2D eigenvalue weighted by molar-refractivity contribution is 5.58. The molecule has 0 radical (unpaired) electrons. The number of hydrogen-bond donors (Lipinski definition) is 0. The quantitative estimate of drug-likeness (QED) is 0.803. The van der Waals surface area contributed by atoms with Crippen LogP contribution in [0.1, 0.15) is 44.0 Å². The summed E-state index contributed by atoms with van der Waals surface area (Å²) in [4.78, 5) is 2.03. The van der Waals surface area contributed by atoms with E-state index in [1.165, 1.54) is 0 Å². The minimum absolute atomic E-state index is 0.0397. The fourth-order valence-electron chi connectivity index (χ4n) is 1.49. The maximum Gasteiger partial charge on any atom is 0.169 e. The molecule has 17 heavy (non-hydrogen) atoms. The van der Waals surface area contributed by atoms with Gasteiger partial charge in [-0.25, -0.2) is 0 Å². The fraction of sp³-hybridized carbons (Fsp3) is 0.615. The largest absolute Gasteiger partial charge is 0.352 e. The number of nitrogens with zero attached hydrogens (tertiary/aromatic N) is 4. The monoisotopic (exact) mass is 232 g/mol. The molecule has 0 amide bonds. The summed E-state index contributed by atoms with van der Waals surface area (Å²) in [6.45, 7) is 10.2. The van der Waals surface area contributed by atoms with Gasteiger partial charge in [0.25, 0.3) is 0 Å². The third kappa shape index (κ3) is 2.38. The van der Waals surface area contributed by atoms with Gasteiger partial charge >= 0.3 is 0 Å². The summed E-state index contributed by atoms with van der Waals surface area (Å²) in [5, 5.41) is 17.6. The van der Waals surface area contributed by atoms with Crippen molar-refractivity contribution in [1.29, 1.82) is 5.26 Å². The van der Waals surface area contributed by atoms with E-state index in [0.717, 1.165) is 17.7 Å². The Morgan fingerprint density at radius 2 is 1.88 bits per heavy atom. The van der Waals surface area contributed by atoms with Crippen LogP contribution in [-0.4, -0.2) is 22.8 Å². The van der Waals surface area contributed by atoms with Crippen LogP contribution in [0, 0.1) is 25.2 Å². The molecule has 0 fully saturated rings. The minimum Gasteiger partial charge on any atom is -0.352 e. The highest BCUT2D eigenvalue weighted by Crippen LogP contribution is 2.27. The molecule has 1 aromatic heterocycles. The Hall–Kier alpha value is -1.63. The Morgan fingerprint density at radius 3 is 2.35 bits per heavy atom. The second kappa shape index (κ2) is 4.70. The summed E-state index contributed by atoms with van der Waals surface area (Å²) in [5.41, 5.74) is 2.31. The van der Waals surface area contributed by atoms with Gasteiger partial charge in [0.15, 0.2) is 5.82 Å². The SMILES string of the molecule is CCC(C)(C)N(C)c1nnc(C)c(C)c1C#N. The molecular formula is C13H20N4. The average molecular weight is 232 g/mol. The van der Waals surface area contributed by atoms with Crippen molar-refractivity contribution < 1.29 is 0 Å². The third-order valence-electron chi connectivity index (χ3n) is 3.64. The van der Waals surface area contributed by atoms with Gasteiger partial charge in [-0.3, -0.25) is 0 Å². The molecule has 4 nitrogen and oxygen atoms in total. The van der Waals surface area contributed by atoms with E-state index in [0.29, 0.717) is 11.4 Å². The van der Waals surface area contributed by atoms with Crippen molar-refractivity contribution in [2.24, 2.45) is 0 Å². The molecule has 4 heteroatoms. The van der Waals surface area contributed by atoms with E-state index in [2.05, 4.69) is 37.0 Å². The zero-order valence-corrected chi connectivity index (χ0v) is 11.5. The number of anilines is 1. The second-order valence-electron chi connectivity index (χ2n) is 4.95. The van der Waals surface area contributed by atoms with Crippen LogP contribution in [0.15, 0.2) is 0 Å². The van der Waals surface area contributed by atoms with Crippen molar-refractivity contribution in [3.63, 3.8) is 0 Å². The number of rotatable bonds is 3. The van der Waals surface area contributed by atoms with Crippen LogP contribution in [0.5, 0.6) is 0 Å². The van der Waals surface area contributed by atoms with Gasteiger partial charge in [-0.1, -0.05) is 6.92 Å². The van der Waals surface area contributed by atoms with E-state index in [1.54, 1.807) is 0 Å². The lowest BCUT2D eigenvalue weighted by molar-refractivity contribution is 0.465. The summed E-state index contributed by atoms with van der Waals surface area (Å²) in [5.74, 6) is 0.669. The first-order chi connectivity index (χ1) is 7.85. The molecule has 0 aliphatic rings. The van der Waals surface area contributed by atoms with Crippen molar-refractivity contribution in [3.8, 4) is 6.07 Å². The first kappa shape index (κ1) is 13.4. The molecule has 0 saturated heterocycles. The summed E-state index contributed by atoms with van der Waals surface area (Å²) < 4.78 is 0. The van der Waals surface area contributed by atoms with Crippen LogP contribution in [0.3, 0.4) is 0 Å². The summed E-state index contributed by atoms with van der Waals surface area (Å²) in [6.07, 6.45) is 0.975. The van der Waals surface area contributed by atoms with Crippen LogP contribution in [0.2, 0.25) is 0 Å². The summed E-state index contributed by atoms with van der Waals surface area (Å²) in [7, 11) is 1.96. The second-order valence-corrected chi connectivity index (χ2v) is 4.95. The van der Waals surface area contributed by atoms with Gasteiger partial charge in [-0.2, -0.15) is 10.4 Å². The molecular weight excluding hydrogens is 212 g/mol. The normalized spacial score (nSPS) is 11.1. The Kier molecular flexibility index (Phi) is 3.72. The first-order valence-electron chi connectivity index (χ1n) is 5.83. The van der Waals surface area contributed by atoms with Gasteiger partial charge in [-0.15, -0.1) is 5.10 Å². The summed E-state index contributed by atoms with van der Waals surface area (Å²) in [6, 6.07) is 2.24. The highest BCUT2D eigenvalue weighted by atomic mass is 15.3. The average Bonchev–Trinajstić information content (AvgIpc) is 2.31. The van der Waals surface area contributed by atoms with Crippen molar-refractivity contribution in [3.05, 3.63) is 16.8 Å². The predicted molar refractivity (Wildman–Crippen MR) is 69.0 cm³/mol. The molecule has 0 bridgehead atoms. The van der Waals surface area contributed by atoms with Crippen LogP contribution in [0.4, 0.5) is 5.82 Å². The minimum atomic E-state index is -0.0397. The van der Waals surface area contributed by atoms with Crippen LogP contribution in [-0.2, 0) is 0 Å². The van der Waals surface area contributed by atoms with Gasteiger partial charge in [-0.05, 0) is 39.7 Å². The van der Waals surface area contributed by atoms with E-state index in [1.807, 2.05) is 25.8 Å². The Morgan fingerprint density at radius 1 is 1.29 bits per heavy atom. The van der Waals surface area contributed by atoms with Crippen LogP contribution >= 0.6 is 0 Å². The molecule has 0 aromatic carbocycles. The highest BCUT2D eigenvalue weighted by Gasteiger charge is 2.26. The van der Waals surface area contributed by atoms with E-state index >= 15 is 0 Å². The fourth-order valence-corrected chi connectivity index (χ4v) is 1.49. The van der Waals surface area contributed by atoms with Crippen molar-refractivity contribution in [2.45, 2.75) is 46.6 Å². The summed E-state index contributed by atoms with van der Waals surface area (Å²) >= 11 is 0. The Labute approximate surface area is 103 Å². The van der Waals surface area contributed by atoms with Gasteiger partial charge in [0.2, 0.25) is 0 Å². The van der Waals surface area contributed by atoms with E-state index in [-0.39, 0.29) is 5.54 Å². The van der Waals surface area contributed by atoms with E-state index in [9.17, 15) is 5.26 Å². The first-order valence-corrected chi connectivity index (χ1v) is 5.83. The number of nitriles is 1. The van der Waals surface area contributed by atoms with Crippen molar-refractivity contribution in [2.75, 3.05) is 11.9 Å². The van der Waals surface area contributed by atoms with Crippen LogP contribution in [0.25, 0.3) is 0 Å². The molecule has 0 saturated carbocycles. The zero-order chi connectivity index (χ0) is 13.2. The van der Waals surface area contributed by atoms with Gasteiger partial charge in [0, 0.05) is 12.6 Å². The van der Waals surface area contributed by atoms with E-state index in [4.69, 9.17) is 0 Å². The maximum absolute atomic E-state index is 9.27. The van der Waals surface area contributed by atoms with Gasteiger partial charge < -0.3 is 4.90 Å². The Bertz CT molecular complexity index is 457. The van der Waals surface area contributed by atoms with Crippen molar-refractivity contribution >= 4 is 5.82 Å². The zero-order valence-electron chi connectivity index (χ0n) is 11.5. The molecule has 1 rings (SSSR count). The maximum atomic E-state index is 9.27. The lowest BCUT2D eigenvalue weighted by atomic mass is 9.99. The Balaban J connectivity index is 3.34.